The van der Waals surface area contributed by atoms with Crippen LogP contribution in [0, 0.1) is 0 Å². The first-order valence-electron chi connectivity index (χ1n) is 9.21. The Hall–Kier alpha value is -3.25. The highest BCUT2D eigenvalue weighted by Crippen LogP contribution is 2.34. The number of hydrogen-bond donors (Lipinski definition) is 2. The summed E-state index contributed by atoms with van der Waals surface area (Å²) in [6.45, 7) is 3.36. The highest BCUT2D eigenvalue weighted by molar-refractivity contribution is 7.80. The Bertz CT molecular complexity index is 1220. The van der Waals surface area contributed by atoms with Crippen molar-refractivity contribution in [3.8, 4) is 11.5 Å². The Kier molecular flexibility index (Phi) is 4.06. The van der Waals surface area contributed by atoms with Gasteiger partial charge in [-0.1, -0.05) is 18.2 Å². The number of para-hydroxylation sites is 1. The fourth-order valence-corrected chi connectivity index (χ4v) is 3.98. The van der Waals surface area contributed by atoms with Crippen LogP contribution < -0.4 is 20.1 Å². The fraction of sp³-hybridized carbons (Fsp3) is 0.136. The van der Waals surface area contributed by atoms with E-state index in [1.807, 2.05) is 18.2 Å². The van der Waals surface area contributed by atoms with Gasteiger partial charge in [0.2, 0.25) is 6.79 Å². The first kappa shape index (κ1) is 16.9. The number of nitrogens with one attached hydrogen (secondary N) is 2. The molecule has 5 nitrogen and oxygen atoms in total. The second kappa shape index (κ2) is 6.73. The molecule has 2 heterocycles. The molecule has 0 saturated heterocycles. The molecular formula is C22H19N3O2S. The van der Waals surface area contributed by atoms with Crippen LogP contribution in [0.5, 0.6) is 11.5 Å². The third kappa shape index (κ3) is 2.82. The molecule has 0 amide bonds. The van der Waals surface area contributed by atoms with Gasteiger partial charge in [-0.2, -0.15) is 0 Å². The number of hydrogen-bond acceptors (Lipinski definition) is 3. The fourth-order valence-electron chi connectivity index (χ4n) is 3.74. The Labute approximate surface area is 167 Å². The van der Waals surface area contributed by atoms with Crippen molar-refractivity contribution in [2.24, 2.45) is 0 Å². The van der Waals surface area contributed by atoms with Crippen molar-refractivity contribution in [1.82, 2.24) is 4.57 Å². The smallest absolute Gasteiger partial charge is 0.231 e. The minimum Gasteiger partial charge on any atom is -0.454 e. The molecule has 140 valence electrons. The second-order valence-electron chi connectivity index (χ2n) is 6.64. The topological polar surface area (TPSA) is 47.5 Å². The summed E-state index contributed by atoms with van der Waals surface area (Å²) in [6.07, 6.45) is 0. The van der Waals surface area contributed by atoms with E-state index in [0.29, 0.717) is 5.11 Å². The van der Waals surface area contributed by atoms with Crippen LogP contribution in [-0.2, 0) is 6.54 Å². The van der Waals surface area contributed by atoms with Crippen molar-refractivity contribution in [2.75, 3.05) is 17.4 Å². The summed E-state index contributed by atoms with van der Waals surface area (Å²) in [5, 5.41) is 9.47. The number of benzene rings is 3. The molecule has 3 aromatic carbocycles. The van der Waals surface area contributed by atoms with Gasteiger partial charge in [0.1, 0.15) is 0 Å². The summed E-state index contributed by atoms with van der Waals surface area (Å²) in [5.41, 5.74) is 4.28. The standard InChI is InChI=1S/C22H19N3O2S/c1-2-25-18-6-4-3-5-16(18)17-11-14(7-9-19(17)25)23-22(28)24-15-8-10-20-21(12-15)27-13-26-20/h3-12H,2,13H2,1H3,(H2,23,24,28). The van der Waals surface area contributed by atoms with E-state index in [1.165, 1.54) is 21.8 Å². The minimum atomic E-state index is 0.257. The van der Waals surface area contributed by atoms with Crippen molar-refractivity contribution in [3.05, 3.63) is 60.7 Å². The van der Waals surface area contributed by atoms with Crippen molar-refractivity contribution in [2.45, 2.75) is 13.5 Å². The van der Waals surface area contributed by atoms with Gasteiger partial charge in [-0.05, 0) is 55.5 Å². The Balaban J connectivity index is 1.42. The van der Waals surface area contributed by atoms with Crippen molar-refractivity contribution >= 4 is 50.5 Å². The molecule has 0 bridgehead atoms. The number of aryl methyl sites for hydroxylation is 1. The Morgan fingerprint density at radius 2 is 1.61 bits per heavy atom. The summed E-state index contributed by atoms with van der Waals surface area (Å²) >= 11 is 5.49. The van der Waals surface area contributed by atoms with Gasteiger partial charge in [-0.3, -0.25) is 0 Å². The van der Waals surface area contributed by atoms with Gasteiger partial charge in [-0.25, -0.2) is 0 Å². The molecule has 0 unspecified atom stereocenters. The number of anilines is 2. The van der Waals surface area contributed by atoms with E-state index >= 15 is 0 Å². The van der Waals surface area contributed by atoms with Crippen molar-refractivity contribution in [1.29, 1.82) is 0 Å². The largest absolute Gasteiger partial charge is 0.454 e. The SMILES string of the molecule is CCn1c2ccccc2c2cc(NC(=S)Nc3ccc4c(c3)OCO4)ccc21. The van der Waals surface area contributed by atoms with Crippen LogP contribution in [0.2, 0.25) is 0 Å². The molecule has 0 aliphatic carbocycles. The van der Waals surface area contributed by atoms with E-state index in [2.05, 4.69) is 64.6 Å². The number of nitrogens with zero attached hydrogens (tertiary/aromatic N) is 1. The molecule has 0 fully saturated rings. The molecule has 1 aliphatic rings. The summed E-state index contributed by atoms with van der Waals surface area (Å²) < 4.78 is 13.1. The molecule has 2 N–H and O–H groups in total. The van der Waals surface area contributed by atoms with Crippen molar-refractivity contribution < 1.29 is 9.47 Å². The van der Waals surface area contributed by atoms with E-state index in [1.54, 1.807) is 0 Å². The maximum atomic E-state index is 5.49. The van der Waals surface area contributed by atoms with E-state index in [9.17, 15) is 0 Å². The number of fused-ring (bicyclic) bond motifs is 4. The summed E-state index contributed by atoms with van der Waals surface area (Å²) in [4.78, 5) is 0. The predicted octanol–water partition coefficient (Wildman–Crippen LogP) is 5.35. The molecule has 1 aliphatic heterocycles. The lowest BCUT2D eigenvalue weighted by Crippen LogP contribution is -2.18. The van der Waals surface area contributed by atoms with Crippen LogP contribution >= 0.6 is 12.2 Å². The molecule has 6 heteroatoms. The number of thiocarbonyl (C=S) groups is 1. The molecule has 0 radical (unpaired) electrons. The molecule has 28 heavy (non-hydrogen) atoms. The van der Waals surface area contributed by atoms with Gasteiger partial charge in [0.05, 0.1) is 0 Å². The van der Waals surface area contributed by atoms with Gasteiger partial charge in [-0.15, -0.1) is 0 Å². The van der Waals surface area contributed by atoms with Gasteiger partial charge < -0.3 is 24.7 Å². The van der Waals surface area contributed by atoms with E-state index in [0.717, 1.165) is 29.4 Å². The summed E-state index contributed by atoms with van der Waals surface area (Å²) in [7, 11) is 0. The first-order chi connectivity index (χ1) is 13.7. The maximum Gasteiger partial charge on any atom is 0.231 e. The quantitative estimate of drug-likeness (QED) is 0.463. The lowest BCUT2D eigenvalue weighted by atomic mass is 10.1. The third-order valence-electron chi connectivity index (χ3n) is 4.98. The van der Waals surface area contributed by atoms with Gasteiger partial charge in [0, 0.05) is 45.8 Å². The normalized spacial score (nSPS) is 12.5. The minimum absolute atomic E-state index is 0.257. The highest BCUT2D eigenvalue weighted by atomic mass is 32.1. The average molecular weight is 389 g/mol. The van der Waals surface area contributed by atoms with E-state index < -0.39 is 0 Å². The number of aromatic nitrogens is 1. The maximum absolute atomic E-state index is 5.49. The number of ether oxygens (including phenoxy) is 2. The van der Waals surface area contributed by atoms with Crippen LogP contribution in [0.1, 0.15) is 6.92 Å². The first-order valence-corrected chi connectivity index (χ1v) is 9.62. The van der Waals surface area contributed by atoms with Crippen LogP contribution in [0.4, 0.5) is 11.4 Å². The van der Waals surface area contributed by atoms with E-state index in [-0.39, 0.29) is 6.79 Å². The zero-order chi connectivity index (χ0) is 19.1. The molecule has 1 aromatic heterocycles. The summed E-state index contributed by atoms with van der Waals surface area (Å²) in [6, 6.07) is 20.5. The van der Waals surface area contributed by atoms with Crippen molar-refractivity contribution in [3.63, 3.8) is 0 Å². The van der Waals surface area contributed by atoms with Gasteiger partial charge >= 0.3 is 0 Å². The Morgan fingerprint density at radius 1 is 0.893 bits per heavy atom. The van der Waals surface area contributed by atoms with Crippen LogP contribution in [0.25, 0.3) is 21.8 Å². The molecule has 0 saturated carbocycles. The average Bonchev–Trinajstić information content (AvgIpc) is 3.29. The zero-order valence-electron chi connectivity index (χ0n) is 15.4. The molecule has 0 spiro atoms. The van der Waals surface area contributed by atoms with Gasteiger partial charge in [0.25, 0.3) is 0 Å². The van der Waals surface area contributed by atoms with Gasteiger partial charge in [0.15, 0.2) is 16.6 Å². The van der Waals surface area contributed by atoms with Crippen LogP contribution in [0.3, 0.4) is 0 Å². The molecule has 4 aromatic rings. The molecule has 0 atom stereocenters. The van der Waals surface area contributed by atoms with Crippen LogP contribution in [-0.4, -0.2) is 16.5 Å². The molecular weight excluding hydrogens is 370 g/mol. The summed E-state index contributed by atoms with van der Waals surface area (Å²) in [5.74, 6) is 1.48. The Morgan fingerprint density at radius 3 is 2.46 bits per heavy atom. The lowest BCUT2D eigenvalue weighted by molar-refractivity contribution is 0.174. The zero-order valence-corrected chi connectivity index (χ0v) is 16.2. The number of rotatable bonds is 3. The lowest BCUT2D eigenvalue weighted by Gasteiger charge is -2.11. The highest BCUT2D eigenvalue weighted by Gasteiger charge is 2.14. The second-order valence-corrected chi connectivity index (χ2v) is 7.05. The van der Waals surface area contributed by atoms with E-state index in [4.69, 9.17) is 21.7 Å². The monoisotopic (exact) mass is 389 g/mol. The van der Waals surface area contributed by atoms with Crippen LogP contribution in [0.15, 0.2) is 60.7 Å². The predicted molar refractivity (Wildman–Crippen MR) is 118 cm³/mol. The molecule has 5 rings (SSSR count). The third-order valence-corrected chi connectivity index (χ3v) is 5.18.